The van der Waals surface area contributed by atoms with E-state index in [0.29, 0.717) is 34.9 Å². The maximum Gasteiger partial charge on any atom is 0.280 e. The second kappa shape index (κ2) is 7.28. The van der Waals surface area contributed by atoms with Crippen molar-refractivity contribution in [3.8, 4) is 22.8 Å². The lowest BCUT2D eigenvalue weighted by Crippen LogP contribution is -2.39. The molecule has 0 amide bonds. The van der Waals surface area contributed by atoms with Crippen LogP contribution in [-0.4, -0.2) is 42.7 Å². The van der Waals surface area contributed by atoms with Gasteiger partial charge in [0.2, 0.25) is 0 Å². The second-order valence-corrected chi connectivity index (χ2v) is 8.27. The fourth-order valence-electron chi connectivity index (χ4n) is 4.78. The van der Waals surface area contributed by atoms with Gasteiger partial charge in [0, 0.05) is 6.61 Å². The van der Waals surface area contributed by atoms with Gasteiger partial charge in [0.1, 0.15) is 40.4 Å². The van der Waals surface area contributed by atoms with Crippen molar-refractivity contribution in [3.05, 3.63) is 71.4 Å². The fraction of sp³-hybridized carbons (Fsp3) is 0.250. The molecule has 1 unspecified atom stereocenters. The summed E-state index contributed by atoms with van der Waals surface area (Å²) >= 11 is 0. The fourth-order valence-corrected chi connectivity index (χ4v) is 4.78. The van der Waals surface area contributed by atoms with Gasteiger partial charge in [-0.15, -0.1) is 5.10 Å². The Kier molecular flexibility index (Phi) is 4.34. The SMILES string of the molecule is COc1ccccc1-n1nncc1-c1ncn2c1c(=O)n(C1(C)CCCO1)c1ccccc12. The standard InChI is InChI=1S/C24H22N6O3/c1-24(12-7-13-33-24)29-17-9-4-3-8-16(17)28-15-25-21(22(28)23(29)31)19-14-26-27-30(19)18-10-5-6-11-20(18)32-2/h3-6,8-11,14-15H,7,12-13H2,1-2H3. The summed E-state index contributed by atoms with van der Waals surface area (Å²) < 4.78 is 16.8. The van der Waals surface area contributed by atoms with Gasteiger partial charge in [-0.2, -0.15) is 0 Å². The highest BCUT2D eigenvalue weighted by atomic mass is 16.5. The minimum Gasteiger partial charge on any atom is -0.494 e. The van der Waals surface area contributed by atoms with Crippen LogP contribution in [0.25, 0.3) is 33.6 Å². The summed E-state index contributed by atoms with van der Waals surface area (Å²) in [4.78, 5) is 18.7. The predicted molar refractivity (Wildman–Crippen MR) is 123 cm³/mol. The van der Waals surface area contributed by atoms with Crippen LogP contribution in [0.2, 0.25) is 0 Å². The molecule has 1 saturated heterocycles. The third-order valence-corrected chi connectivity index (χ3v) is 6.33. The van der Waals surface area contributed by atoms with Gasteiger partial charge in [0.05, 0.1) is 24.3 Å². The number of para-hydroxylation sites is 4. The summed E-state index contributed by atoms with van der Waals surface area (Å²) in [6.45, 7) is 2.60. The van der Waals surface area contributed by atoms with Crippen LogP contribution >= 0.6 is 0 Å². The van der Waals surface area contributed by atoms with Gasteiger partial charge in [-0.1, -0.05) is 29.5 Å². The largest absolute Gasteiger partial charge is 0.494 e. The van der Waals surface area contributed by atoms with Crippen LogP contribution in [0.1, 0.15) is 19.8 Å². The van der Waals surface area contributed by atoms with Crippen LogP contribution in [0, 0.1) is 0 Å². The highest BCUT2D eigenvalue weighted by molar-refractivity contribution is 5.84. The number of hydrogen-bond donors (Lipinski definition) is 0. The molecule has 0 radical (unpaired) electrons. The second-order valence-electron chi connectivity index (χ2n) is 8.27. The van der Waals surface area contributed by atoms with Crippen LogP contribution in [0.15, 0.2) is 65.8 Å². The molecule has 2 aromatic carbocycles. The maximum atomic E-state index is 14.0. The number of ether oxygens (including phenoxy) is 2. The molecule has 9 heteroatoms. The molecule has 0 spiro atoms. The van der Waals surface area contributed by atoms with E-state index in [0.717, 1.165) is 23.9 Å². The van der Waals surface area contributed by atoms with E-state index in [1.807, 2.05) is 59.9 Å². The first kappa shape index (κ1) is 19.7. The monoisotopic (exact) mass is 442 g/mol. The zero-order valence-electron chi connectivity index (χ0n) is 18.3. The van der Waals surface area contributed by atoms with E-state index in [1.54, 1.807) is 28.9 Å². The number of imidazole rings is 1. The van der Waals surface area contributed by atoms with Crippen molar-refractivity contribution < 1.29 is 9.47 Å². The Hall–Kier alpha value is -3.98. The van der Waals surface area contributed by atoms with Crippen LogP contribution in [0.4, 0.5) is 0 Å². The number of fused-ring (bicyclic) bond motifs is 3. The van der Waals surface area contributed by atoms with Crippen LogP contribution in [-0.2, 0) is 10.5 Å². The lowest BCUT2D eigenvalue weighted by atomic mass is 10.1. The van der Waals surface area contributed by atoms with Gasteiger partial charge < -0.3 is 9.47 Å². The predicted octanol–water partition coefficient (Wildman–Crippen LogP) is 3.39. The van der Waals surface area contributed by atoms with Crippen molar-refractivity contribution in [1.29, 1.82) is 0 Å². The van der Waals surface area contributed by atoms with Gasteiger partial charge >= 0.3 is 0 Å². The quantitative estimate of drug-likeness (QED) is 0.424. The van der Waals surface area contributed by atoms with Crippen LogP contribution in [0.3, 0.4) is 0 Å². The minimum absolute atomic E-state index is 0.168. The van der Waals surface area contributed by atoms with Crippen molar-refractivity contribution in [1.82, 2.24) is 28.9 Å². The normalized spacial score (nSPS) is 18.4. The van der Waals surface area contributed by atoms with E-state index in [-0.39, 0.29) is 5.56 Å². The molecule has 1 aliphatic heterocycles. The minimum atomic E-state index is -0.721. The highest BCUT2D eigenvalue weighted by Gasteiger charge is 2.35. The molecule has 1 fully saturated rings. The van der Waals surface area contributed by atoms with E-state index < -0.39 is 5.72 Å². The first-order chi connectivity index (χ1) is 16.1. The van der Waals surface area contributed by atoms with E-state index in [9.17, 15) is 4.79 Å². The number of benzene rings is 2. The first-order valence-electron chi connectivity index (χ1n) is 10.8. The van der Waals surface area contributed by atoms with Gasteiger partial charge in [-0.25, -0.2) is 9.67 Å². The molecule has 0 aliphatic carbocycles. The molecule has 33 heavy (non-hydrogen) atoms. The highest BCUT2D eigenvalue weighted by Crippen LogP contribution is 2.34. The number of nitrogens with zero attached hydrogens (tertiary/aromatic N) is 6. The molecular weight excluding hydrogens is 420 g/mol. The Labute approximate surface area is 188 Å². The molecule has 1 aliphatic rings. The summed E-state index contributed by atoms with van der Waals surface area (Å²) in [6, 6.07) is 15.3. The number of rotatable bonds is 4. The smallest absolute Gasteiger partial charge is 0.280 e. The first-order valence-corrected chi connectivity index (χ1v) is 10.8. The lowest BCUT2D eigenvalue weighted by molar-refractivity contribution is -0.0447. The molecule has 9 nitrogen and oxygen atoms in total. The summed E-state index contributed by atoms with van der Waals surface area (Å²) in [6.07, 6.45) is 4.95. The zero-order valence-corrected chi connectivity index (χ0v) is 18.3. The van der Waals surface area contributed by atoms with Gasteiger partial charge in [0.25, 0.3) is 5.56 Å². The summed E-state index contributed by atoms with van der Waals surface area (Å²) in [5.41, 5.74) is 3.04. The van der Waals surface area contributed by atoms with Gasteiger partial charge in [-0.05, 0) is 44.0 Å². The van der Waals surface area contributed by atoms with E-state index in [1.165, 1.54) is 0 Å². The summed E-state index contributed by atoms with van der Waals surface area (Å²) in [5.74, 6) is 0.641. The number of hydrogen-bond acceptors (Lipinski definition) is 6. The molecule has 0 N–H and O–H groups in total. The van der Waals surface area contributed by atoms with Crippen LogP contribution in [0.5, 0.6) is 5.75 Å². The Morgan fingerprint density at radius 1 is 1.09 bits per heavy atom. The Balaban J connectivity index is 1.68. The third kappa shape index (κ3) is 2.82. The molecule has 6 rings (SSSR count). The average Bonchev–Trinajstić information content (AvgIpc) is 3.59. The molecular formula is C24H22N6O3. The van der Waals surface area contributed by atoms with E-state index in [4.69, 9.17) is 9.47 Å². The Morgan fingerprint density at radius 2 is 1.88 bits per heavy atom. The molecule has 4 heterocycles. The summed E-state index contributed by atoms with van der Waals surface area (Å²) in [7, 11) is 1.61. The molecule has 0 bridgehead atoms. The van der Waals surface area contributed by atoms with Crippen molar-refractivity contribution in [2.24, 2.45) is 0 Å². The molecule has 1 atom stereocenters. The molecule has 0 saturated carbocycles. The number of methoxy groups -OCH3 is 1. The average molecular weight is 442 g/mol. The lowest BCUT2D eigenvalue weighted by Gasteiger charge is -2.28. The van der Waals surface area contributed by atoms with Gasteiger partial charge in [-0.3, -0.25) is 13.8 Å². The van der Waals surface area contributed by atoms with E-state index in [2.05, 4.69) is 15.3 Å². The molecule has 5 aromatic rings. The third-order valence-electron chi connectivity index (χ3n) is 6.33. The molecule has 166 valence electrons. The maximum absolute atomic E-state index is 14.0. The van der Waals surface area contributed by atoms with E-state index >= 15 is 0 Å². The Bertz CT molecular complexity index is 1560. The van der Waals surface area contributed by atoms with Crippen molar-refractivity contribution in [2.75, 3.05) is 13.7 Å². The van der Waals surface area contributed by atoms with Crippen LogP contribution < -0.4 is 10.3 Å². The summed E-state index contributed by atoms with van der Waals surface area (Å²) in [5, 5.41) is 8.38. The van der Waals surface area contributed by atoms with Crippen molar-refractivity contribution in [3.63, 3.8) is 0 Å². The Morgan fingerprint density at radius 3 is 2.67 bits per heavy atom. The van der Waals surface area contributed by atoms with Crippen molar-refractivity contribution >= 4 is 16.6 Å². The topological polar surface area (TPSA) is 88.5 Å². The number of aromatic nitrogens is 6. The zero-order chi connectivity index (χ0) is 22.6. The molecule has 3 aromatic heterocycles. The van der Waals surface area contributed by atoms with Gasteiger partial charge in [0.15, 0.2) is 0 Å². The van der Waals surface area contributed by atoms with Crippen molar-refractivity contribution in [2.45, 2.75) is 25.5 Å².